The molecule has 2 rings (SSSR count). The fraction of sp³-hybridized carbons (Fsp3) is 0.167. The predicted octanol–water partition coefficient (Wildman–Crippen LogP) is 3.51. The quantitative estimate of drug-likeness (QED) is 0.589. The number of carbonyl (C=O) groups excluding carboxylic acids is 1. The van der Waals surface area contributed by atoms with Crippen molar-refractivity contribution in [1.82, 2.24) is 0 Å². The zero-order valence-electron chi connectivity index (χ0n) is 11.2. The van der Waals surface area contributed by atoms with E-state index in [1.165, 1.54) is 5.56 Å². The summed E-state index contributed by atoms with van der Waals surface area (Å²) in [6.45, 7) is 0.210. The summed E-state index contributed by atoms with van der Waals surface area (Å²) in [4.78, 5) is 12.1. The van der Waals surface area contributed by atoms with Gasteiger partial charge in [-0.25, -0.2) is 0 Å². The van der Waals surface area contributed by atoms with E-state index in [4.69, 9.17) is 11.2 Å². The third-order valence-corrected chi connectivity index (χ3v) is 2.96. The van der Waals surface area contributed by atoms with Crippen molar-refractivity contribution in [3.63, 3.8) is 0 Å². The normalized spacial score (nSPS) is 9.75. The van der Waals surface area contributed by atoms with E-state index in [0.717, 1.165) is 6.42 Å². The first kappa shape index (κ1) is 13.9. The maximum absolute atomic E-state index is 12.1. The van der Waals surface area contributed by atoms with E-state index in [-0.39, 0.29) is 12.4 Å². The second-order valence-electron chi connectivity index (χ2n) is 4.43. The van der Waals surface area contributed by atoms with Gasteiger partial charge in [0.1, 0.15) is 12.4 Å². The van der Waals surface area contributed by atoms with Gasteiger partial charge in [-0.3, -0.25) is 4.79 Å². The minimum Gasteiger partial charge on any atom is -0.481 e. The van der Waals surface area contributed by atoms with E-state index >= 15 is 0 Å². The highest BCUT2D eigenvalue weighted by Crippen LogP contribution is 2.15. The molecule has 100 valence electrons. The van der Waals surface area contributed by atoms with Crippen LogP contribution in [0.25, 0.3) is 0 Å². The number of rotatable bonds is 6. The Morgan fingerprint density at radius 1 is 1.10 bits per heavy atom. The third-order valence-electron chi connectivity index (χ3n) is 2.96. The van der Waals surface area contributed by atoms with Crippen LogP contribution < -0.4 is 4.74 Å². The summed E-state index contributed by atoms with van der Waals surface area (Å²) < 4.78 is 5.32. The minimum atomic E-state index is 0.111. The van der Waals surface area contributed by atoms with Gasteiger partial charge >= 0.3 is 0 Å². The van der Waals surface area contributed by atoms with Crippen molar-refractivity contribution in [2.45, 2.75) is 12.8 Å². The second-order valence-corrected chi connectivity index (χ2v) is 4.43. The molecular weight excluding hydrogens is 248 g/mol. The molecule has 0 aliphatic heterocycles. The molecule has 2 aromatic rings. The Kier molecular flexibility index (Phi) is 4.97. The Labute approximate surface area is 119 Å². The molecule has 0 N–H and O–H groups in total. The fourth-order valence-corrected chi connectivity index (χ4v) is 1.93. The van der Waals surface area contributed by atoms with Gasteiger partial charge in [0.2, 0.25) is 0 Å². The van der Waals surface area contributed by atoms with Crippen LogP contribution in [0.1, 0.15) is 22.3 Å². The molecule has 20 heavy (non-hydrogen) atoms. The van der Waals surface area contributed by atoms with E-state index < -0.39 is 0 Å². The van der Waals surface area contributed by atoms with E-state index in [1.807, 2.05) is 36.4 Å². The van der Waals surface area contributed by atoms with Crippen molar-refractivity contribution in [2.24, 2.45) is 0 Å². The number of Topliss-reactive ketones (excluding diaryl/α,β-unsaturated/α-hetero) is 1. The van der Waals surface area contributed by atoms with Crippen LogP contribution in [-0.2, 0) is 6.42 Å². The number of aryl methyl sites for hydroxylation is 1. The van der Waals surface area contributed by atoms with Gasteiger partial charge in [0.25, 0.3) is 0 Å². The van der Waals surface area contributed by atoms with Crippen LogP contribution in [-0.4, -0.2) is 12.4 Å². The Morgan fingerprint density at radius 3 is 2.65 bits per heavy atom. The predicted molar refractivity (Wildman–Crippen MR) is 79.9 cm³/mol. The molecule has 0 fully saturated rings. The molecule has 0 aliphatic carbocycles. The molecule has 0 saturated carbocycles. The SMILES string of the molecule is C#CCOc1cccc(C(=O)CCc2ccccc2)c1. The summed E-state index contributed by atoms with van der Waals surface area (Å²) >= 11 is 0. The number of benzene rings is 2. The first-order valence-electron chi connectivity index (χ1n) is 6.53. The number of hydrogen-bond acceptors (Lipinski definition) is 2. The molecule has 0 spiro atoms. The largest absolute Gasteiger partial charge is 0.481 e. The van der Waals surface area contributed by atoms with Crippen LogP contribution in [0, 0.1) is 12.3 Å². The number of hydrogen-bond donors (Lipinski definition) is 0. The molecule has 2 heteroatoms. The van der Waals surface area contributed by atoms with Crippen molar-refractivity contribution < 1.29 is 9.53 Å². The summed E-state index contributed by atoms with van der Waals surface area (Å²) in [5.41, 5.74) is 1.83. The van der Waals surface area contributed by atoms with Crippen LogP contribution in [0.2, 0.25) is 0 Å². The van der Waals surface area contributed by atoms with E-state index in [2.05, 4.69) is 5.92 Å². The lowest BCUT2D eigenvalue weighted by Gasteiger charge is -2.05. The van der Waals surface area contributed by atoms with Gasteiger partial charge in [-0.15, -0.1) is 6.42 Å². The van der Waals surface area contributed by atoms with Gasteiger partial charge in [0.05, 0.1) is 0 Å². The monoisotopic (exact) mass is 264 g/mol. The van der Waals surface area contributed by atoms with Gasteiger partial charge in [-0.2, -0.15) is 0 Å². The molecule has 0 amide bonds. The van der Waals surface area contributed by atoms with Crippen molar-refractivity contribution in [3.8, 4) is 18.1 Å². The number of ether oxygens (including phenoxy) is 1. The summed E-state index contributed by atoms with van der Waals surface area (Å²) in [7, 11) is 0. The standard InChI is InChI=1S/C18H16O2/c1-2-13-20-17-10-6-9-16(14-17)18(19)12-11-15-7-4-3-5-8-15/h1,3-10,14H,11-13H2. The highest BCUT2D eigenvalue weighted by atomic mass is 16.5. The maximum Gasteiger partial charge on any atom is 0.163 e. The van der Waals surface area contributed by atoms with Crippen molar-refractivity contribution in [2.75, 3.05) is 6.61 Å². The maximum atomic E-state index is 12.1. The average molecular weight is 264 g/mol. The molecule has 0 unspecified atom stereocenters. The van der Waals surface area contributed by atoms with Gasteiger partial charge in [-0.1, -0.05) is 48.4 Å². The van der Waals surface area contributed by atoms with Crippen molar-refractivity contribution in [3.05, 3.63) is 65.7 Å². The summed E-state index contributed by atoms with van der Waals surface area (Å²) in [6, 6.07) is 17.1. The van der Waals surface area contributed by atoms with Crippen LogP contribution in [0.4, 0.5) is 0 Å². The summed E-state index contributed by atoms with van der Waals surface area (Å²) in [5, 5.41) is 0. The Hall–Kier alpha value is -2.53. The second kappa shape index (κ2) is 7.16. The van der Waals surface area contributed by atoms with Gasteiger partial charge in [-0.05, 0) is 24.1 Å². The molecule has 2 nitrogen and oxygen atoms in total. The zero-order valence-corrected chi connectivity index (χ0v) is 11.2. The number of terminal acetylenes is 1. The molecule has 0 heterocycles. The smallest absolute Gasteiger partial charge is 0.163 e. The zero-order chi connectivity index (χ0) is 14.2. The van der Waals surface area contributed by atoms with Gasteiger partial charge < -0.3 is 4.74 Å². The fourth-order valence-electron chi connectivity index (χ4n) is 1.93. The molecule has 0 bridgehead atoms. The van der Waals surface area contributed by atoms with Crippen LogP contribution in [0.5, 0.6) is 5.75 Å². The van der Waals surface area contributed by atoms with Crippen molar-refractivity contribution in [1.29, 1.82) is 0 Å². The van der Waals surface area contributed by atoms with Gasteiger partial charge in [0, 0.05) is 12.0 Å². The van der Waals surface area contributed by atoms with Crippen molar-refractivity contribution >= 4 is 5.78 Å². The van der Waals surface area contributed by atoms with E-state index in [1.54, 1.807) is 18.2 Å². The molecule has 2 aromatic carbocycles. The Morgan fingerprint density at radius 2 is 1.90 bits per heavy atom. The average Bonchev–Trinajstić information content (AvgIpc) is 2.52. The third kappa shape index (κ3) is 4.00. The molecule has 0 radical (unpaired) electrons. The molecule has 0 aromatic heterocycles. The summed E-state index contributed by atoms with van der Waals surface area (Å²) in [5.74, 6) is 3.15. The molecule has 0 saturated heterocycles. The molecular formula is C18H16O2. The Balaban J connectivity index is 1.97. The van der Waals surface area contributed by atoms with E-state index in [0.29, 0.717) is 17.7 Å². The highest BCUT2D eigenvalue weighted by Gasteiger charge is 2.07. The van der Waals surface area contributed by atoms with Crippen LogP contribution >= 0.6 is 0 Å². The number of ketones is 1. The van der Waals surface area contributed by atoms with Gasteiger partial charge in [0.15, 0.2) is 5.78 Å². The van der Waals surface area contributed by atoms with Crippen LogP contribution in [0.15, 0.2) is 54.6 Å². The summed E-state index contributed by atoms with van der Waals surface area (Å²) in [6.07, 6.45) is 6.38. The van der Waals surface area contributed by atoms with E-state index in [9.17, 15) is 4.79 Å². The minimum absolute atomic E-state index is 0.111. The lowest BCUT2D eigenvalue weighted by atomic mass is 10.0. The lowest BCUT2D eigenvalue weighted by molar-refractivity contribution is 0.0982. The number of carbonyl (C=O) groups is 1. The molecule has 0 atom stereocenters. The molecule has 0 aliphatic rings. The lowest BCUT2D eigenvalue weighted by Crippen LogP contribution is -2.02. The Bertz CT molecular complexity index is 609. The first-order valence-corrected chi connectivity index (χ1v) is 6.53. The topological polar surface area (TPSA) is 26.3 Å². The highest BCUT2D eigenvalue weighted by molar-refractivity contribution is 5.96. The first-order chi connectivity index (χ1) is 9.79. The van der Waals surface area contributed by atoms with Crippen LogP contribution in [0.3, 0.4) is 0 Å².